The maximum Gasteiger partial charge on any atom is 0.273 e. The molecule has 1 atom stereocenters. The van der Waals surface area contributed by atoms with E-state index in [0.717, 1.165) is 23.1 Å². The fraction of sp³-hybridized carbons (Fsp3) is 0.346. The molecule has 4 rings (SSSR count). The van der Waals surface area contributed by atoms with Gasteiger partial charge in [-0.3, -0.25) is 9.59 Å². The molecule has 1 aliphatic rings. The first kappa shape index (κ1) is 23.9. The van der Waals surface area contributed by atoms with E-state index in [1.54, 1.807) is 21.2 Å². The van der Waals surface area contributed by atoms with Gasteiger partial charge < -0.3 is 14.5 Å². The third-order valence-electron chi connectivity index (χ3n) is 6.10. The number of carbonyl (C=O) groups is 2. The van der Waals surface area contributed by atoms with Crippen LogP contribution in [0.3, 0.4) is 0 Å². The lowest BCUT2D eigenvalue weighted by Gasteiger charge is -2.37. The molecule has 2 amide bonds. The van der Waals surface area contributed by atoms with Crippen LogP contribution in [0.25, 0.3) is 0 Å². The van der Waals surface area contributed by atoms with Crippen molar-refractivity contribution < 1.29 is 18.7 Å². The van der Waals surface area contributed by atoms with Gasteiger partial charge in [0.2, 0.25) is 5.91 Å². The summed E-state index contributed by atoms with van der Waals surface area (Å²) in [7, 11) is 0. The highest BCUT2D eigenvalue weighted by molar-refractivity contribution is 7.09. The molecule has 178 valence electrons. The number of fused-ring (bicyclic) bond motifs is 1. The van der Waals surface area contributed by atoms with Crippen LogP contribution in [0.4, 0.5) is 4.39 Å². The summed E-state index contributed by atoms with van der Waals surface area (Å²) in [5.41, 5.74) is 3.20. The molecule has 0 unspecified atom stereocenters. The van der Waals surface area contributed by atoms with Crippen molar-refractivity contribution in [3.63, 3.8) is 0 Å². The van der Waals surface area contributed by atoms with Crippen LogP contribution in [0.2, 0.25) is 0 Å². The van der Waals surface area contributed by atoms with Gasteiger partial charge in [-0.2, -0.15) is 0 Å². The van der Waals surface area contributed by atoms with Gasteiger partial charge in [0, 0.05) is 31.9 Å². The summed E-state index contributed by atoms with van der Waals surface area (Å²) in [6.45, 7) is 7.50. The molecular weight excluding hydrogens is 453 g/mol. The second-order valence-corrected chi connectivity index (χ2v) is 9.12. The number of aromatic nitrogens is 1. The van der Waals surface area contributed by atoms with E-state index in [-0.39, 0.29) is 30.3 Å². The molecule has 0 spiro atoms. The van der Waals surface area contributed by atoms with Crippen LogP contribution in [0.1, 0.15) is 59.0 Å². The van der Waals surface area contributed by atoms with E-state index in [1.807, 2.05) is 38.1 Å². The zero-order valence-corrected chi connectivity index (χ0v) is 20.4. The number of nitrogens with zero attached hydrogens (tertiary/aromatic N) is 3. The summed E-state index contributed by atoms with van der Waals surface area (Å²) in [5, 5.41) is 2.47. The van der Waals surface area contributed by atoms with Crippen molar-refractivity contribution in [3.8, 4) is 5.75 Å². The van der Waals surface area contributed by atoms with Crippen molar-refractivity contribution >= 4 is 23.2 Å². The molecule has 0 bridgehead atoms. The normalized spacial score (nSPS) is 15.1. The van der Waals surface area contributed by atoms with E-state index in [9.17, 15) is 14.0 Å². The predicted molar refractivity (Wildman–Crippen MR) is 129 cm³/mol. The lowest BCUT2D eigenvalue weighted by atomic mass is 9.88. The number of hydrogen-bond acceptors (Lipinski definition) is 5. The zero-order chi connectivity index (χ0) is 24.2. The minimum absolute atomic E-state index is 0.0561. The highest BCUT2D eigenvalue weighted by Gasteiger charge is 2.31. The molecule has 0 radical (unpaired) electrons. The van der Waals surface area contributed by atoms with E-state index in [2.05, 4.69) is 4.98 Å². The van der Waals surface area contributed by atoms with Gasteiger partial charge in [0.25, 0.3) is 5.91 Å². The van der Waals surface area contributed by atoms with Gasteiger partial charge in [-0.15, -0.1) is 11.3 Å². The van der Waals surface area contributed by atoms with Crippen molar-refractivity contribution in [2.45, 2.75) is 39.8 Å². The van der Waals surface area contributed by atoms with Crippen molar-refractivity contribution in [1.82, 2.24) is 14.8 Å². The molecule has 8 heteroatoms. The maximum atomic E-state index is 14.0. The molecule has 0 fully saturated rings. The van der Waals surface area contributed by atoms with Crippen LogP contribution in [0.5, 0.6) is 5.75 Å². The first-order chi connectivity index (χ1) is 16.4. The number of ether oxygens (including phenoxy) is 1. The number of amides is 2. The largest absolute Gasteiger partial charge is 0.486 e. The summed E-state index contributed by atoms with van der Waals surface area (Å²) in [5.74, 6) is 0.166. The summed E-state index contributed by atoms with van der Waals surface area (Å²) in [6.07, 6.45) is 0.727. The average molecular weight is 482 g/mol. The molecule has 0 aliphatic carbocycles. The van der Waals surface area contributed by atoms with Crippen LogP contribution >= 0.6 is 11.3 Å². The van der Waals surface area contributed by atoms with Crippen LogP contribution in [-0.4, -0.2) is 46.2 Å². The molecule has 0 saturated carbocycles. The number of hydrogen-bond donors (Lipinski definition) is 0. The Hall–Kier alpha value is -3.26. The van der Waals surface area contributed by atoms with Crippen molar-refractivity contribution in [3.05, 3.63) is 81.1 Å². The molecule has 6 nitrogen and oxygen atoms in total. The Labute approximate surface area is 203 Å². The van der Waals surface area contributed by atoms with Crippen molar-refractivity contribution in [1.29, 1.82) is 0 Å². The maximum absolute atomic E-state index is 14.0. The van der Waals surface area contributed by atoms with Crippen LogP contribution < -0.4 is 4.74 Å². The van der Waals surface area contributed by atoms with Gasteiger partial charge in [0.15, 0.2) is 0 Å². The van der Waals surface area contributed by atoms with E-state index in [1.165, 1.54) is 30.4 Å². The lowest BCUT2D eigenvalue weighted by Crippen LogP contribution is -2.39. The summed E-state index contributed by atoms with van der Waals surface area (Å²) >= 11 is 1.39. The molecule has 0 saturated heterocycles. The number of thiazole rings is 1. The summed E-state index contributed by atoms with van der Waals surface area (Å²) in [4.78, 5) is 32.8. The molecule has 1 aromatic heterocycles. The number of halogens is 1. The SMILES string of the molecule is CCN(CC)C(=O)c1csc(COc2ccc3c(c2)[C@@H](c2cccc(F)c2)N(C(C)=O)CC3)n1. The Morgan fingerprint density at radius 1 is 1.21 bits per heavy atom. The van der Waals surface area contributed by atoms with Gasteiger partial charge in [-0.05, 0) is 61.2 Å². The Kier molecular flexibility index (Phi) is 7.26. The van der Waals surface area contributed by atoms with Gasteiger partial charge in [0.1, 0.15) is 28.9 Å². The first-order valence-corrected chi connectivity index (χ1v) is 12.3. The van der Waals surface area contributed by atoms with Gasteiger partial charge >= 0.3 is 0 Å². The van der Waals surface area contributed by atoms with Crippen LogP contribution in [-0.2, 0) is 17.8 Å². The quantitative estimate of drug-likeness (QED) is 0.485. The van der Waals surface area contributed by atoms with E-state index < -0.39 is 0 Å². The number of carbonyl (C=O) groups excluding carboxylic acids is 2. The monoisotopic (exact) mass is 481 g/mol. The minimum atomic E-state index is -0.376. The Morgan fingerprint density at radius 2 is 2.00 bits per heavy atom. The fourth-order valence-electron chi connectivity index (χ4n) is 4.35. The Balaban J connectivity index is 1.56. The van der Waals surface area contributed by atoms with Crippen LogP contribution in [0, 0.1) is 5.82 Å². The molecule has 34 heavy (non-hydrogen) atoms. The molecular formula is C26H28FN3O3S. The van der Waals surface area contributed by atoms with Crippen LogP contribution in [0.15, 0.2) is 47.8 Å². The number of rotatable bonds is 7. The van der Waals surface area contributed by atoms with E-state index >= 15 is 0 Å². The van der Waals surface area contributed by atoms with Crippen molar-refractivity contribution in [2.75, 3.05) is 19.6 Å². The second kappa shape index (κ2) is 10.3. The van der Waals surface area contributed by atoms with Gasteiger partial charge in [-0.25, -0.2) is 9.37 Å². The second-order valence-electron chi connectivity index (χ2n) is 8.17. The molecule has 3 aromatic rings. The average Bonchev–Trinajstić information content (AvgIpc) is 3.31. The van der Waals surface area contributed by atoms with Crippen molar-refractivity contribution in [2.24, 2.45) is 0 Å². The molecule has 0 N–H and O–H groups in total. The van der Waals surface area contributed by atoms with Gasteiger partial charge in [-0.1, -0.05) is 18.2 Å². The topological polar surface area (TPSA) is 62.7 Å². The Bertz CT molecular complexity index is 1190. The third kappa shape index (κ3) is 4.97. The number of benzene rings is 2. The third-order valence-corrected chi connectivity index (χ3v) is 6.92. The lowest BCUT2D eigenvalue weighted by molar-refractivity contribution is -0.130. The van der Waals surface area contributed by atoms with E-state index in [4.69, 9.17) is 4.74 Å². The zero-order valence-electron chi connectivity index (χ0n) is 19.6. The summed E-state index contributed by atoms with van der Waals surface area (Å²) < 4.78 is 20.0. The standard InChI is InChI=1S/C26H28FN3O3S/c1-4-29(5-2)26(32)23-16-34-24(28-23)15-33-21-10-9-18-11-12-30(17(3)31)25(22(18)14-21)19-7-6-8-20(27)13-19/h6-10,13-14,16,25H,4-5,11-12,15H2,1-3H3/t25-/m1/s1. The highest BCUT2D eigenvalue weighted by Crippen LogP contribution is 2.37. The van der Waals surface area contributed by atoms with E-state index in [0.29, 0.717) is 36.1 Å². The highest BCUT2D eigenvalue weighted by atomic mass is 32.1. The smallest absolute Gasteiger partial charge is 0.273 e. The van der Waals surface area contributed by atoms with Gasteiger partial charge in [0.05, 0.1) is 6.04 Å². The molecule has 1 aliphatic heterocycles. The first-order valence-electron chi connectivity index (χ1n) is 11.4. The predicted octanol–water partition coefficient (Wildman–Crippen LogP) is 4.84. The molecule has 2 aromatic carbocycles. The summed E-state index contributed by atoms with van der Waals surface area (Å²) in [6, 6.07) is 11.8. The molecule has 2 heterocycles. The Morgan fingerprint density at radius 3 is 2.71 bits per heavy atom. The fourth-order valence-corrected chi connectivity index (χ4v) is 5.03. The minimum Gasteiger partial charge on any atom is -0.486 e.